The second-order valence-electron chi connectivity index (χ2n) is 7.87. The molecule has 4 aromatic rings. The number of methoxy groups -OCH3 is 1. The molecule has 2 aromatic heterocycles. The summed E-state index contributed by atoms with van der Waals surface area (Å²) < 4.78 is 36.2. The van der Waals surface area contributed by atoms with E-state index in [4.69, 9.17) is 10.5 Å². The van der Waals surface area contributed by atoms with Gasteiger partial charge in [0.1, 0.15) is 35.2 Å². The standard InChI is InChI=1S/C25H21F2N5O/c1-14(15-9-22(29-11-15)18-5-3-4-6-20(18)26)32-12-19(23-24(28)30-13-31-25(23)32)17-8-7-16(33-2)10-21(17)27/h3-8,10-14H,9H2,1-2H3,(H2,28,30,31). The molecular weight excluding hydrogens is 424 g/mol. The van der Waals surface area contributed by atoms with Crippen molar-refractivity contribution in [2.45, 2.75) is 19.4 Å². The predicted molar refractivity (Wildman–Crippen MR) is 124 cm³/mol. The van der Waals surface area contributed by atoms with Crippen LogP contribution in [0.25, 0.3) is 22.2 Å². The van der Waals surface area contributed by atoms with E-state index in [1.165, 1.54) is 25.6 Å². The Morgan fingerprint density at radius 2 is 1.85 bits per heavy atom. The zero-order valence-corrected chi connectivity index (χ0v) is 18.1. The molecule has 2 N–H and O–H groups in total. The molecule has 8 heteroatoms. The van der Waals surface area contributed by atoms with Crippen molar-refractivity contribution in [3.05, 3.63) is 84.0 Å². The maximum Gasteiger partial charge on any atom is 0.146 e. The van der Waals surface area contributed by atoms with Gasteiger partial charge in [0.05, 0.1) is 24.2 Å². The van der Waals surface area contributed by atoms with Crippen molar-refractivity contribution in [3.63, 3.8) is 0 Å². The molecule has 0 spiro atoms. The Morgan fingerprint density at radius 3 is 2.61 bits per heavy atom. The van der Waals surface area contributed by atoms with Crippen molar-refractivity contribution in [2.24, 2.45) is 4.99 Å². The number of nitrogens with zero attached hydrogens (tertiary/aromatic N) is 4. The SMILES string of the molecule is COc1ccc(-c2cn(C(C)C3=CN=C(c4ccccc4F)C3)c3ncnc(N)c23)c(F)c1. The van der Waals surface area contributed by atoms with E-state index in [1.807, 2.05) is 17.7 Å². The van der Waals surface area contributed by atoms with Crippen molar-refractivity contribution in [2.75, 3.05) is 12.8 Å². The molecule has 33 heavy (non-hydrogen) atoms. The number of benzene rings is 2. The highest BCUT2D eigenvalue weighted by Gasteiger charge is 2.25. The lowest BCUT2D eigenvalue weighted by Gasteiger charge is -2.16. The first kappa shape index (κ1) is 20.8. The average Bonchev–Trinajstić information content (AvgIpc) is 3.45. The molecule has 1 aliphatic rings. The zero-order chi connectivity index (χ0) is 23.1. The van der Waals surface area contributed by atoms with Crippen LogP contribution in [0.4, 0.5) is 14.6 Å². The van der Waals surface area contributed by atoms with Gasteiger partial charge in [0.15, 0.2) is 0 Å². The number of halogens is 2. The van der Waals surface area contributed by atoms with Gasteiger partial charge in [-0.3, -0.25) is 4.99 Å². The number of ether oxygens (including phenoxy) is 1. The van der Waals surface area contributed by atoms with E-state index >= 15 is 0 Å². The molecule has 3 heterocycles. The Balaban J connectivity index is 1.55. The lowest BCUT2D eigenvalue weighted by atomic mass is 10.0. The molecule has 0 amide bonds. The van der Waals surface area contributed by atoms with Gasteiger partial charge < -0.3 is 15.0 Å². The molecule has 2 aromatic carbocycles. The Hall–Kier alpha value is -4.07. The third-order valence-electron chi connectivity index (χ3n) is 6.00. The van der Waals surface area contributed by atoms with Gasteiger partial charge in [-0.1, -0.05) is 18.2 Å². The van der Waals surface area contributed by atoms with Crippen LogP contribution >= 0.6 is 0 Å². The summed E-state index contributed by atoms with van der Waals surface area (Å²) in [5.74, 6) is -0.0521. The van der Waals surface area contributed by atoms with Gasteiger partial charge in [-0.05, 0) is 30.7 Å². The quantitative estimate of drug-likeness (QED) is 0.452. The number of hydrogen-bond acceptors (Lipinski definition) is 5. The highest BCUT2D eigenvalue weighted by molar-refractivity contribution is 6.04. The number of anilines is 1. The summed E-state index contributed by atoms with van der Waals surface area (Å²) in [5.41, 5.74) is 9.87. The zero-order valence-electron chi connectivity index (χ0n) is 18.1. The molecular formula is C25H21F2N5O. The highest BCUT2D eigenvalue weighted by atomic mass is 19.1. The Labute approximate surface area is 189 Å². The molecule has 0 aliphatic carbocycles. The minimum atomic E-state index is -0.436. The van der Waals surface area contributed by atoms with Crippen molar-refractivity contribution in [1.82, 2.24) is 14.5 Å². The lowest BCUT2D eigenvalue weighted by molar-refractivity contribution is 0.411. The molecule has 166 valence electrons. The van der Waals surface area contributed by atoms with Gasteiger partial charge in [-0.15, -0.1) is 0 Å². The fourth-order valence-corrected chi connectivity index (χ4v) is 4.19. The lowest BCUT2D eigenvalue weighted by Crippen LogP contribution is -2.10. The van der Waals surface area contributed by atoms with Crippen LogP contribution in [0, 0.1) is 11.6 Å². The normalized spacial score (nSPS) is 14.3. The van der Waals surface area contributed by atoms with Gasteiger partial charge in [0.25, 0.3) is 0 Å². The molecule has 0 radical (unpaired) electrons. The fraction of sp³-hybridized carbons (Fsp3) is 0.160. The molecule has 0 saturated heterocycles. The van der Waals surface area contributed by atoms with E-state index in [-0.39, 0.29) is 17.7 Å². The van der Waals surface area contributed by atoms with E-state index < -0.39 is 5.82 Å². The predicted octanol–water partition coefficient (Wildman–Crippen LogP) is 5.31. The molecule has 0 bridgehead atoms. The average molecular weight is 445 g/mol. The molecule has 1 aliphatic heterocycles. The molecule has 1 unspecified atom stereocenters. The Bertz CT molecular complexity index is 1440. The van der Waals surface area contributed by atoms with Gasteiger partial charge in [-0.2, -0.15) is 0 Å². The second kappa shape index (κ2) is 8.12. The maximum absolute atomic E-state index is 14.9. The van der Waals surface area contributed by atoms with Crippen LogP contribution in [0.3, 0.4) is 0 Å². The van der Waals surface area contributed by atoms with Crippen molar-refractivity contribution in [1.29, 1.82) is 0 Å². The second-order valence-corrected chi connectivity index (χ2v) is 7.87. The van der Waals surface area contributed by atoms with E-state index in [2.05, 4.69) is 15.0 Å². The van der Waals surface area contributed by atoms with E-state index in [0.717, 1.165) is 5.57 Å². The van der Waals surface area contributed by atoms with Gasteiger partial charge >= 0.3 is 0 Å². The van der Waals surface area contributed by atoms with E-state index in [1.54, 1.807) is 36.5 Å². The van der Waals surface area contributed by atoms with Gasteiger partial charge in [0, 0.05) is 41.6 Å². The summed E-state index contributed by atoms with van der Waals surface area (Å²) in [7, 11) is 1.49. The minimum absolute atomic E-state index is 0.176. The van der Waals surface area contributed by atoms with Crippen molar-refractivity contribution >= 4 is 22.6 Å². The number of hydrogen-bond donors (Lipinski definition) is 1. The first-order valence-electron chi connectivity index (χ1n) is 10.4. The summed E-state index contributed by atoms with van der Waals surface area (Å²) in [6, 6.07) is 11.1. The number of nitrogen functional groups attached to an aromatic ring is 1. The van der Waals surface area contributed by atoms with Crippen molar-refractivity contribution < 1.29 is 13.5 Å². The number of fused-ring (bicyclic) bond motifs is 1. The minimum Gasteiger partial charge on any atom is -0.497 e. The first-order chi connectivity index (χ1) is 16.0. The van der Waals surface area contributed by atoms with Crippen molar-refractivity contribution in [3.8, 4) is 16.9 Å². The first-order valence-corrected chi connectivity index (χ1v) is 10.4. The van der Waals surface area contributed by atoms with Gasteiger partial charge in [0.2, 0.25) is 0 Å². The fourth-order valence-electron chi connectivity index (χ4n) is 4.19. The number of rotatable bonds is 5. The summed E-state index contributed by atoms with van der Waals surface area (Å²) in [6.45, 7) is 2.00. The van der Waals surface area contributed by atoms with Crippen LogP contribution < -0.4 is 10.5 Å². The molecule has 1 atom stereocenters. The summed E-state index contributed by atoms with van der Waals surface area (Å²) in [4.78, 5) is 13.0. The number of nitrogens with two attached hydrogens (primary N) is 1. The number of aromatic nitrogens is 3. The number of allylic oxidation sites excluding steroid dienone is 1. The molecule has 6 nitrogen and oxygen atoms in total. The van der Waals surface area contributed by atoms with Crippen LogP contribution in [0.15, 0.2) is 71.8 Å². The van der Waals surface area contributed by atoms with Crippen LogP contribution in [-0.4, -0.2) is 27.4 Å². The third-order valence-corrected chi connectivity index (χ3v) is 6.00. The molecule has 0 saturated carbocycles. The van der Waals surface area contributed by atoms with Crippen LogP contribution in [0.5, 0.6) is 5.75 Å². The van der Waals surface area contributed by atoms with Crippen LogP contribution in [0.1, 0.15) is 24.9 Å². The number of aliphatic imine (C=N–C) groups is 1. The largest absolute Gasteiger partial charge is 0.497 e. The van der Waals surface area contributed by atoms with Gasteiger partial charge in [-0.25, -0.2) is 18.7 Å². The van der Waals surface area contributed by atoms with E-state index in [0.29, 0.717) is 45.6 Å². The summed E-state index contributed by atoms with van der Waals surface area (Å²) in [5, 5.41) is 0.572. The molecule has 5 rings (SSSR count). The monoisotopic (exact) mass is 445 g/mol. The molecule has 0 fully saturated rings. The Kier molecular flexibility index (Phi) is 5.12. The highest BCUT2D eigenvalue weighted by Crippen LogP contribution is 2.38. The van der Waals surface area contributed by atoms with E-state index in [9.17, 15) is 8.78 Å². The maximum atomic E-state index is 14.9. The topological polar surface area (TPSA) is 78.3 Å². The Morgan fingerprint density at radius 1 is 1.03 bits per heavy atom. The summed E-state index contributed by atoms with van der Waals surface area (Å²) in [6.07, 6.45) is 5.47. The smallest absolute Gasteiger partial charge is 0.146 e. The third kappa shape index (κ3) is 3.53. The van der Waals surface area contributed by atoms with Crippen LogP contribution in [-0.2, 0) is 0 Å². The summed E-state index contributed by atoms with van der Waals surface area (Å²) >= 11 is 0. The van der Waals surface area contributed by atoms with Crippen LogP contribution in [0.2, 0.25) is 0 Å².